The standard InChI is InChI=1S/C11H20N2/c1-2-11-8-10(12-9-3-4-9)5-7-13(11)6-1/h9-12H,1-8H2. The van der Waals surface area contributed by atoms with Crippen molar-refractivity contribution in [2.45, 2.75) is 56.7 Å². The van der Waals surface area contributed by atoms with Crippen LogP contribution in [-0.4, -0.2) is 36.1 Å². The fourth-order valence-electron chi connectivity index (χ4n) is 2.96. The van der Waals surface area contributed by atoms with Crippen LogP contribution in [-0.2, 0) is 0 Å². The summed E-state index contributed by atoms with van der Waals surface area (Å²) in [5.74, 6) is 0. The van der Waals surface area contributed by atoms with E-state index in [2.05, 4.69) is 10.2 Å². The Balaban J connectivity index is 1.54. The van der Waals surface area contributed by atoms with E-state index in [4.69, 9.17) is 0 Å². The number of hydrogen-bond donors (Lipinski definition) is 1. The van der Waals surface area contributed by atoms with Crippen LogP contribution in [0.5, 0.6) is 0 Å². The normalized spacial score (nSPS) is 40.6. The van der Waals surface area contributed by atoms with Gasteiger partial charge in [-0.15, -0.1) is 0 Å². The molecule has 3 fully saturated rings. The number of rotatable bonds is 2. The number of piperidine rings is 1. The first kappa shape index (κ1) is 8.25. The van der Waals surface area contributed by atoms with Gasteiger partial charge in [0, 0.05) is 18.1 Å². The molecule has 0 spiro atoms. The highest BCUT2D eigenvalue weighted by Gasteiger charge is 2.33. The number of fused-ring (bicyclic) bond motifs is 1. The zero-order chi connectivity index (χ0) is 8.67. The van der Waals surface area contributed by atoms with Crippen molar-refractivity contribution in [2.24, 2.45) is 0 Å². The Kier molecular flexibility index (Phi) is 2.06. The van der Waals surface area contributed by atoms with Gasteiger partial charge in [-0.1, -0.05) is 0 Å². The Bertz CT molecular complexity index is 189. The van der Waals surface area contributed by atoms with E-state index in [9.17, 15) is 0 Å². The summed E-state index contributed by atoms with van der Waals surface area (Å²) in [4.78, 5) is 2.70. The Hall–Kier alpha value is -0.0800. The van der Waals surface area contributed by atoms with Gasteiger partial charge in [-0.25, -0.2) is 0 Å². The molecule has 0 amide bonds. The van der Waals surface area contributed by atoms with Gasteiger partial charge in [-0.3, -0.25) is 0 Å². The largest absolute Gasteiger partial charge is 0.311 e. The molecule has 2 unspecified atom stereocenters. The maximum atomic E-state index is 3.78. The summed E-state index contributed by atoms with van der Waals surface area (Å²) in [6.07, 6.45) is 8.60. The van der Waals surface area contributed by atoms with Gasteiger partial charge in [0.25, 0.3) is 0 Å². The second-order valence-corrected chi connectivity index (χ2v) is 4.99. The fraction of sp³-hybridized carbons (Fsp3) is 1.00. The summed E-state index contributed by atoms with van der Waals surface area (Å²) in [6, 6.07) is 2.69. The molecule has 1 N–H and O–H groups in total. The molecule has 0 bridgehead atoms. The quantitative estimate of drug-likeness (QED) is 0.690. The van der Waals surface area contributed by atoms with Crippen LogP contribution in [0.2, 0.25) is 0 Å². The highest BCUT2D eigenvalue weighted by atomic mass is 15.2. The van der Waals surface area contributed by atoms with Gasteiger partial charge < -0.3 is 10.2 Å². The molecule has 2 nitrogen and oxygen atoms in total. The van der Waals surface area contributed by atoms with Crippen LogP contribution in [0.3, 0.4) is 0 Å². The van der Waals surface area contributed by atoms with Crippen LogP contribution in [0.4, 0.5) is 0 Å². The monoisotopic (exact) mass is 180 g/mol. The van der Waals surface area contributed by atoms with Crippen molar-refractivity contribution in [3.63, 3.8) is 0 Å². The Morgan fingerprint density at radius 3 is 2.69 bits per heavy atom. The Labute approximate surface area is 80.7 Å². The summed E-state index contributed by atoms with van der Waals surface area (Å²) >= 11 is 0. The molecule has 2 aliphatic heterocycles. The van der Waals surface area contributed by atoms with Gasteiger partial charge >= 0.3 is 0 Å². The van der Waals surface area contributed by atoms with Crippen LogP contribution in [0, 0.1) is 0 Å². The molecule has 74 valence electrons. The zero-order valence-electron chi connectivity index (χ0n) is 8.34. The Morgan fingerprint density at radius 2 is 1.85 bits per heavy atom. The fourth-order valence-corrected chi connectivity index (χ4v) is 2.96. The first-order valence-electron chi connectivity index (χ1n) is 5.92. The molecule has 0 aromatic heterocycles. The minimum Gasteiger partial charge on any atom is -0.311 e. The van der Waals surface area contributed by atoms with E-state index in [0.717, 1.165) is 18.1 Å². The first-order valence-corrected chi connectivity index (χ1v) is 5.92. The van der Waals surface area contributed by atoms with Gasteiger partial charge in [0.15, 0.2) is 0 Å². The van der Waals surface area contributed by atoms with E-state index in [1.807, 2.05) is 0 Å². The maximum absolute atomic E-state index is 3.78. The van der Waals surface area contributed by atoms with E-state index in [-0.39, 0.29) is 0 Å². The lowest BCUT2D eigenvalue weighted by Crippen LogP contribution is -2.46. The molecular weight excluding hydrogens is 160 g/mol. The third kappa shape index (κ3) is 1.75. The molecule has 3 aliphatic rings. The lowest BCUT2D eigenvalue weighted by molar-refractivity contribution is 0.166. The molecule has 1 saturated carbocycles. The molecule has 2 heteroatoms. The van der Waals surface area contributed by atoms with Crippen molar-refractivity contribution in [3.8, 4) is 0 Å². The molecule has 2 heterocycles. The molecule has 3 rings (SSSR count). The lowest BCUT2D eigenvalue weighted by atomic mass is 9.97. The van der Waals surface area contributed by atoms with Gasteiger partial charge in [0.1, 0.15) is 0 Å². The summed E-state index contributed by atoms with van der Waals surface area (Å²) in [5, 5.41) is 3.78. The second-order valence-electron chi connectivity index (χ2n) is 4.99. The molecule has 0 aromatic carbocycles. The third-order valence-corrected chi connectivity index (χ3v) is 3.87. The maximum Gasteiger partial charge on any atom is 0.0111 e. The van der Waals surface area contributed by atoms with Crippen LogP contribution >= 0.6 is 0 Å². The van der Waals surface area contributed by atoms with E-state index >= 15 is 0 Å². The van der Waals surface area contributed by atoms with Gasteiger partial charge in [-0.05, 0) is 51.6 Å². The van der Waals surface area contributed by atoms with Gasteiger partial charge in [0.2, 0.25) is 0 Å². The molecule has 13 heavy (non-hydrogen) atoms. The van der Waals surface area contributed by atoms with E-state index in [0.29, 0.717) is 0 Å². The topological polar surface area (TPSA) is 15.3 Å². The molecule has 0 aromatic rings. The van der Waals surface area contributed by atoms with Gasteiger partial charge in [-0.2, -0.15) is 0 Å². The van der Waals surface area contributed by atoms with Crippen molar-refractivity contribution in [1.29, 1.82) is 0 Å². The van der Waals surface area contributed by atoms with Crippen molar-refractivity contribution in [1.82, 2.24) is 10.2 Å². The number of nitrogens with one attached hydrogen (secondary N) is 1. The lowest BCUT2D eigenvalue weighted by Gasteiger charge is -2.35. The molecule has 0 radical (unpaired) electrons. The summed E-state index contributed by atoms with van der Waals surface area (Å²) in [7, 11) is 0. The van der Waals surface area contributed by atoms with E-state index < -0.39 is 0 Å². The first-order chi connectivity index (χ1) is 6.42. The van der Waals surface area contributed by atoms with E-state index in [1.54, 1.807) is 0 Å². The summed E-state index contributed by atoms with van der Waals surface area (Å²) in [5.41, 5.74) is 0. The molecule has 2 atom stereocenters. The van der Waals surface area contributed by atoms with Crippen molar-refractivity contribution in [3.05, 3.63) is 0 Å². The SMILES string of the molecule is C1CC2CC(NC3CC3)CCN2C1. The van der Waals surface area contributed by atoms with Crippen LogP contribution in [0.1, 0.15) is 38.5 Å². The molecule has 2 saturated heterocycles. The van der Waals surface area contributed by atoms with Crippen LogP contribution in [0.15, 0.2) is 0 Å². The minimum absolute atomic E-state index is 0.854. The predicted molar refractivity (Wildman–Crippen MR) is 53.8 cm³/mol. The van der Waals surface area contributed by atoms with Crippen molar-refractivity contribution < 1.29 is 0 Å². The summed E-state index contributed by atoms with van der Waals surface area (Å²) in [6.45, 7) is 2.73. The van der Waals surface area contributed by atoms with Crippen molar-refractivity contribution in [2.75, 3.05) is 13.1 Å². The zero-order valence-corrected chi connectivity index (χ0v) is 8.34. The van der Waals surface area contributed by atoms with E-state index in [1.165, 1.54) is 51.6 Å². The number of hydrogen-bond acceptors (Lipinski definition) is 2. The number of nitrogens with zero attached hydrogens (tertiary/aromatic N) is 1. The highest BCUT2D eigenvalue weighted by Crippen LogP contribution is 2.29. The predicted octanol–water partition coefficient (Wildman–Crippen LogP) is 1.37. The second kappa shape index (κ2) is 3.25. The molecule has 1 aliphatic carbocycles. The molecular formula is C11H20N2. The minimum atomic E-state index is 0.854. The van der Waals surface area contributed by atoms with Crippen molar-refractivity contribution >= 4 is 0 Å². The van der Waals surface area contributed by atoms with Crippen LogP contribution in [0.25, 0.3) is 0 Å². The van der Waals surface area contributed by atoms with Crippen LogP contribution < -0.4 is 5.32 Å². The summed E-state index contributed by atoms with van der Waals surface area (Å²) < 4.78 is 0. The third-order valence-electron chi connectivity index (χ3n) is 3.87. The Morgan fingerprint density at radius 1 is 0.923 bits per heavy atom. The van der Waals surface area contributed by atoms with Gasteiger partial charge in [0.05, 0.1) is 0 Å². The highest BCUT2D eigenvalue weighted by molar-refractivity contribution is 4.92. The average Bonchev–Trinajstić information content (AvgIpc) is 2.83. The smallest absolute Gasteiger partial charge is 0.0111 e. The average molecular weight is 180 g/mol.